The average Bonchev–Trinajstić information content (AvgIpc) is 3.05. The Kier molecular flexibility index (Phi) is 4.34. The van der Waals surface area contributed by atoms with Crippen LogP contribution in [0.2, 0.25) is 5.02 Å². The summed E-state index contributed by atoms with van der Waals surface area (Å²) in [4.78, 5) is 28.8. The number of halogens is 1. The van der Waals surface area contributed by atoms with Gasteiger partial charge in [0.25, 0.3) is 5.91 Å². The first-order valence-electron chi connectivity index (χ1n) is 7.20. The molecular weight excluding hydrogens is 386 g/mol. The van der Waals surface area contributed by atoms with E-state index >= 15 is 0 Å². The molecule has 3 rings (SSSR count). The Bertz CT molecular complexity index is 955. The highest BCUT2D eigenvalue weighted by Gasteiger charge is 2.50. The van der Waals surface area contributed by atoms with E-state index in [1.54, 1.807) is 25.4 Å². The van der Waals surface area contributed by atoms with Crippen LogP contribution < -0.4 is 9.62 Å². The summed E-state index contributed by atoms with van der Waals surface area (Å²) in [5.74, 6) is -1.37. The summed E-state index contributed by atoms with van der Waals surface area (Å²) in [5, 5.41) is 4.78. The van der Waals surface area contributed by atoms with E-state index in [4.69, 9.17) is 11.6 Å². The lowest BCUT2D eigenvalue weighted by Crippen LogP contribution is -2.33. The maximum absolute atomic E-state index is 12.5. The lowest BCUT2D eigenvalue weighted by molar-refractivity contribution is -0.123. The minimum absolute atomic E-state index is 0.0240. The SMILES string of the molecule is CC1(C)CS(=O)(=O)N(c2cc(C(=O)Nc3nccs3)ccc2Cl)C1=O. The zero-order valence-electron chi connectivity index (χ0n) is 13.3. The van der Waals surface area contributed by atoms with Crippen molar-refractivity contribution in [2.45, 2.75) is 13.8 Å². The van der Waals surface area contributed by atoms with Crippen molar-refractivity contribution >= 4 is 55.6 Å². The molecule has 7 nitrogen and oxygen atoms in total. The van der Waals surface area contributed by atoms with Crippen molar-refractivity contribution in [3.8, 4) is 0 Å². The number of hydrogen-bond donors (Lipinski definition) is 1. The summed E-state index contributed by atoms with van der Waals surface area (Å²) in [5.41, 5.74) is -0.909. The van der Waals surface area contributed by atoms with Crippen LogP contribution in [0.4, 0.5) is 10.8 Å². The molecule has 0 atom stereocenters. The molecule has 2 amide bonds. The van der Waals surface area contributed by atoms with E-state index < -0.39 is 27.3 Å². The van der Waals surface area contributed by atoms with Crippen molar-refractivity contribution < 1.29 is 18.0 Å². The fraction of sp³-hybridized carbons (Fsp3) is 0.267. The molecule has 10 heteroatoms. The Labute approximate surface area is 153 Å². The van der Waals surface area contributed by atoms with E-state index in [0.717, 1.165) is 0 Å². The van der Waals surface area contributed by atoms with Crippen LogP contribution in [-0.4, -0.2) is 31.0 Å². The number of thiazole rings is 1. The van der Waals surface area contributed by atoms with Crippen molar-refractivity contribution in [2.24, 2.45) is 5.41 Å². The monoisotopic (exact) mass is 399 g/mol. The van der Waals surface area contributed by atoms with Crippen molar-refractivity contribution in [1.82, 2.24) is 4.98 Å². The van der Waals surface area contributed by atoms with Gasteiger partial charge in [-0.15, -0.1) is 11.3 Å². The van der Waals surface area contributed by atoms with Gasteiger partial charge in [0, 0.05) is 17.1 Å². The molecule has 0 radical (unpaired) electrons. The molecule has 2 aromatic rings. The molecule has 1 aromatic carbocycles. The largest absolute Gasteiger partial charge is 0.298 e. The number of anilines is 2. The molecule has 0 spiro atoms. The molecule has 132 valence electrons. The number of hydrogen-bond acceptors (Lipinski definition) is 6. The van der Waals surface area contributed by atoms with Crippen LogP contribution in [-0.2, 0) is 14.8 Å². The highest BCUT2D eigenvalue weighted by molar-refractivity contribution is 7.94. The van der Waals surface area contributed by atoms with Crippen LogP contribution in [0.5, 0.6) is 0 Å². The van der Waals surface area contributed by atoms with Crippen molar-refractivity contribution in [3.05, 3.63) is 40.4 Å². The van der Waals surface area contributed by atoms with Crippen molar-refractivity contribution in [2.75, 3.05) is 15.4 Å². The quantitative estimate of drug-likeness (QED) is 0.855. The van der Waals surface area contributed by atoms with Crippen LogP contribution in [0.15, 0.2) is 29.8 Å². The molecule has 1 aromatic heterocycles. The minimum atomic E-state index is -3.85. The number of aromatic nitrogens is 1. The Balaban J connectivity index is 2.00. The molecule has 2 heterocycles. The number of rotatable bonds is 3. The zero-order valence-corrected chi connectivity index (χ0v) is 15.7. The topological polar surface area (TPSA) is 96.4 Å². The smallest absolute Gasteiger partial charge is 0.257 e. The summed E-state index contributed by atoms with van der Waals surface area (Å²) >= 11 is 7.36. The third-order valence-corrected chi connectivity index (χ3v) is 6.68. The van der Waals surface area contributed by atoms with Crippen LogP contribution in [0, 0.1) is 5.41 Å². The highest BCUT2D eigenvalue weighted by Crippen LogP contribution is 2.39. The maximum atomic E-state index is 12.5. The lowest BCUT2D eigenvalue weighted by Gasteiger charge is -2.19. The number of nitrogens with zero attached hydrogens (tertiary/aromatic N) is 2. The molecule has 0 bridgehead atoms. The first-order chi connectivity index (χ1) is 11.6. The molecule has 1 aliphatic heterocycles. The number of benzene rings is 1. The molecule has 0 saturated carbocycles. The molecule has 1 fully saturated rings. The van der Waals surface area contributed by atoms with E-state index in [0.29, 0.717) is 9.44 Å². The number of carbonyl (C=O) groups is 2. The second-order valence-electron chi connectivity index (χ2n) is 6.17. The highest BCUT2D eigenvalue weighted by atomic mass is 35.5. The summed E-state index contributed by atoms with van der Waals surface area (Å²) in [6.45, 7) is 3.11. The molecule has 1 aliphatic rings. The van der Waals surface area contributed by atoms with Gasteiger partial charge in [0.05, 0.1) is 21.9 Å². The van der Waals surface area contributed by atoms with E-state index in [-0.39, 0.29) is 22.0 Å². The molecular formula is C15H14ClN3O4S2. The van der Waals surface area contributed by atoms with Crippen LogP contribution in [0.25, 0.3) is 0 Å². The summed E-state index contributed by atoms with van der Waals surface area (Å²) < 4.78 is 25.5. The number of amides is 2. The summed E-state index contributed by atoms with van der Waals surface area (Å²) in [7, 11) is -3.85. The van der Waals surface area contributed by atoms with E-state index in [1.165, 1.54) is 29.5 Å². The van der Waals surface area contributed by atoms with Gasteiger partial charge in [-0.1, -0.05) is 11.6 Å². The number of carbonyl (C=O) groups excluding carboxylic acids is 2. The second kappa shape index (κ2) is 6.08. The van der Waals surface area contributed by atoms with Gasteiger partial charge in [-0.05, 0) is 32.0 Å². The lowest BCUT2D eigenvalue weighted by atomic mass is 9.95. The van der Waals surface area contributed by atoms with Crippen LogP contribution in [0.3, 0.4) is 0 Å². The van der Waals surface area contributed by atoms with Crippen molar-refractivity contribution in [1.29, 1.82) is 0 Å². The van der Waals surface area contributed by atoms with Gasteiger partial charge in [0.15, 0.2) is 5.13 Å². The fourth-order valence-electron chi connectivity index (χ4n) is 2.51. The van der Waals surface area contributed by atoms with E-state index in [9.17, 15) is 18.0 Å². The van der Waals surface area contributed by atoms with Gasteiger partial charge in [-0.2, -0.15) is 0 Å². The van der Waals surface area contributed by atoms with Crippen molar-refractivity contribution in [3.63, 3.8) is 0 Å². The first kappa shape index (κ1) is 17.8. The summed E-state index contributed by atoms with van der Waals surface area (Å²) in [6, 6.07) is 4.14. The third-order valence-electron chi connectivity index (χ3n) is 3.66. The minimum Gasteiger partial charge on any atom is -0.298 e. The van der Waals surface area contributed by atoms with Crippen LogP contribution in [0.1, 0.15) is 24.2 Å². The Morgan fingerprint density at radius 3 is 2.68 bits per heavy atom. The molecule has 0 unspecified atom stereocenters. The van der Waals surface area contributed by atoms with E-state index in [2.05, 4.69) is 10.3 Å². The van der Waals surface area contributed by atoms with Gasteiger partial charge >= 0.3 is 0 Å². The normalized spacial score (nSPS) is 18.4. The third kappa shape index (κ3) is 3.26. The van der Waals surface area contributed by atoms with Gasteiger partial charge in [0.1, 0.15) is 0 Å². The number of nitrogens with one attached hydrogen (secondary N) is 1. The second-order valence-corrected chi connectivity index (χ2v) is 9.29. The van der Waals surface area contributed by atoms with Crippen LogP contribution >= 0.6 is 22.9 Å². The predicted octanol–water partition coefficient (Wildman–Crippen LogP) is 2.75. The zero-order chi connectivity index (χ0) is 18.4. The number of sulfonamides is 1. The molecule has 1 N–H and O–H groups in total. The standard InChI is InChI=1S/C15H14ClN3O4S2/c1-15(2)8-25(22,23)19(13(15)21)11-7-9(3-4-10(11)16)12(20)18-14-17-5-6-24-14/h3-7H,8H2,1-2H3,(H,17,18,20). The fourth-order valence-corrected chi connectivity index (χ4v) is 5.40. The summed E-state index contributed by atoms with van der Waals surface area (Å²) in [6.07, 6.45) is 1.55. The molecule has 25 heavy (non-hydrogen) atoms. The Hall–Kier alpha value is -1.97. The average molecular weight is 400 g/mol. The van der Waals surface area contributed by atoms with Gasteiger partial charge < -0.3 is 0 Å². The van der Waals surface area contributed by atoms with E-state index in [1.807, 2.05) is 0 Å². The Morgan fingerprint density at radius 1 is 1.40 bits per heavy atom. The Morgan fingerprint density at radius 2 is 2.12 bits per heavy atom. The molecule has 1 saturated heterocycles. The van der Waals surface area contributed by atoms with Gasteiger partial charge in [0.2, 0.25) is 15.9 Å². The molecule has 0 aliphatic carbocycles. The van der Waals surface area contributed by atoms with Gasteiger partial charge in [-0.25, -0.2) is 17.7 Å². The maximum Gasteiger partial charge on any atom is 0.257 e. The predicted molar refractivity (Wildman–Crippen MR) is 96.6 cm³/mol. The first-order valence-corrected chi connectivity index (χ1v) is 10.1. The van der Waals surface area contributed by atoms with Gasteiger partial charge in [-0.3, -0.25) is 14.9 Å².